The number of benzene rings is 1. The van der Waals surface area contributed by atoms with Crippen molar-refractivity contribution in [3.63, 3.8) is 0 Å². The van der Waals surface area contributed by atoms with E-state index in [-0.39, 0.29) is 0 Å². The Kier molecular flexibility index (Phi) is 1.98. The lowest BCUT2D eigenvalue weighted by atomic mass is 10.0. The zero-order valence-electron chi connectivity index (χ0n) is 9.65. The summed E-state index contributed by atoms with van der Waals surface area (Å²) >= 11 is 0. The first kappa shape index (κ1) is 9.96. The molecule has 0 bridgehead atoms. The van der Waals surface area contributed by atoms with Gasteiger partial charge in [0.1, 0.15) is 11.3 Å². The third kappa shape index (κ3) is 1.41. The van der Waals surface area contributed by atoms with Crippen LogP contribution in [0.3, 0.4) is 0 Å². The van der Waals surface area contributed by atoms with E-state index >= 15 is 0 Å². The van der Waals surface area contributed by atoms with E-state index in [2.05, 4.69) is 5.16 Å². The van der Waals surface area contributed by atoms with Gasteiger partial charge in [0.2, 0.25) is 0 Å². The summed E-state index contributed by atoms with van der Waals surface area (Å²) in [7, 11) is 0. The lowest BCUT2D eigenvalue weighted by Crippen LogP contribution is -1.80. The maximum absolute atomic E-state index is 5.67. The standard InChI is InChI=1S/C13H12N2O2/c1-7-8(2)16-10-5-3-4-9(13(7)10)11-6-12(14)15-17-11/h3-6H,1-2H3,(H2,14,15). The molecule has 3 aromatic rings. The summed E-state index contributed by atoms with van der Waals surface area (Å²) in [5.74, 6) is 1.96. The van der Waals surface area contributed by atoms with Crippen LogP contribution in [0.15, 0.2) is 33.2 Å². The largest absolute Gasteiger partial charge is 0.461 e. The molecule has 0 atom stereocenters. The van der Waals surface area contributed by atoms with Crippen LogP contribution in [0.2, 0.25) is 0 Å². The van der Waals surface area contributed by atoms with Crippen LogP contribution >= 0.6 is 0 Å². The van der Waals surface area contributed by atoms with Crippen LogP contribution in [0.25, 0.3) is 22.3 Å². The molecule has 0 saturated carbocycles. The quantitative estimate of drug-likeness (QED) is 0.694. The first-order valence-corrected chi connectivity index (χ1v) is 5.38. The zero-order chi connectivity index (χ0) is 12.0. The van der Waals surface area contributed by atoms with Crippen molar-refractivity contribution < 1.29 is 8.94 Å². The highest BCUT2D eigenvalue weighted by Crippen LogP contribution is 2.34. The fourth-order valence-corrected chi connectivity index (χ4v) is 2.04. The smallest absolute Gasteiger partial charge is 0.169 e. The van der Waals surface area contributed by atoms with Gasteiger partial charge in [-0.2, -0.15) is 0 Å². The molecule has 0 fully saturated rings. The minimum atomic E-state index is 0.384. The van der Waals surface area contributed by atoms with Crippen molar-refractivity contribution in [2.45, 2.75) is 13.8 Å². The van der Waals surface area contributed by atoms with Crippen LogP contribution in [0, 0.1) is 13.8 Å². The van der Waals surface area contributed by atoms with Crippen LogP contribution in [-0.4, -0.2) is 5.16 Å². The lowest BCUT2D eigenvalue weighted by molar-refractivity contribution is 0.436. The summed E-state index contributed by atoms with van der Waals surface area (Å²) in [6.45, 7) is 3.98. The Morgan fingerprint density at radius 3 is 2.76 bits per heavy atom. The number of aryl methyl sites for hydroxylation is 2. The molecule has 3 rings (SSSR count). The van der Waals surface area contributed by atoms with E-state index in [9.17, 15) is 0 Å². The Morgan fingerprint density at radius 2 is 2.06 bits per heavy atom. The van der Waals surface area contributed by atoms with Gasteiger partial charge in [0.15, 0.2) is 11.6 Å². The summed E-state index contributed by atoms with van der Waals surface area (Å²) in [6.07, 6.45) is 0. The van der Waals surface area contributed by atoms with E-state index in [0.29, 0.717) is 11.6 Å². The highest BCUT2D eigenvalue weighted by atomic mass is 16.5. The van der Waals surface area contributed by atoms with Gasteiger partial charge in [0.05, 0.1) is 0 Å². The number of hydrogen-bond donors (Lipinski definition) is 1. The van der Waals surface area contributed by atoms with E-state index in [4.69, 9.17) is 14.7 Å². The molecule has 4 nitrogen and oxygen atoms in total. The molecule has 1 aromatic carbocycles. The van der Waals surface area contributed by atoms with E-state index in [1.54, 1.807) is 6.07 Å². The van der Waals surface area contributed by atoms with Crippen molar-refractivity contribution >= 4 is 16.8 Å². The predicted octanol–water partition coefficient (Wildman–Crippen LogP) is 3.29. The van der Waals surface area contributed by atoms with Crippen LogP contribution in [0.1, 0.15) is 11.3 Å². The second kappa shape index (κ2) is 3.38. The first-order valence-electron chi connectivity index (χ1n) is 5.38. The predicted molar refractivity (Wildman–Crippen MR) is 65.6 cm³/mol. The number of hydrogen-bond acceptors (Lipinski definition) is 4. The summed E-state index contributed by atoms with van der Waals surface area (Å²) in [5, 5.41) is 4.77. The summed E-state index contributed by atoms with van der Waals surface area (Å²) in [5.41, 5.74) is 8.50. The van der Waals surface area contributed by atoms with Crippen molar-refractivity contribution in [3.8, 4) is 11.3 Å². The molecule has 0 aliphatic rings. The molecule has 0 spiro atoms. The molecule has 4 heteroatoms. The minimum Gasteiger partial charge on any atom is -0.461 e. The van der Waals surface area contributed by atoms with Gasteiger partial charge >= 0.3 is 0 Å². The maximum Gasteiger partial charge on any atom is 0.169 e. The Labute approximate surface area is 98.0 Å². The van der Waals surface area contributed by atoms with Gasteiger partial charge in [-0.25, -0.2) is 0 Å². The number of furan rings is 1. The first-order chi connectivity index (χ1) is 8.16. The highest BCUT2D eigenvalue weighted by Gasteiger charge is 2.14. The van der Waals surface area contributed by atoms with Crippen LogP contribution < -0.4 is 5.73 Å². The van der Waals surface area contributed by atoms with Gasteiger partial charge < -0.3 is 14.7 Å². The highest BCUT2D eigenvalue weighted by molar-refractivity contribution is 5.95. The van der Waals surface area contributed by atoms with E-state index in [1.807, 2.05) is 32.0 Å². The van der Waals surface area contributed by atoms with Gasteiger partial charge in [-0.3, -0.25) is 0 Å². The second-order valence-electron chi connectivity index (χ2n) is 4.08. The number of nitrogens with two attached hydrogens (primary N) is 1. The molecule has 0 aliphatic carbocycles. The molecule has 0 aliphatic heterocycles. The summed E-state index contributed by atoms with van der Waals surface area (Å²) in [6, 6.07) is 7.57. The summed E-state index contributed by atoms with van der Waals surface area (Å²) < 4.78 is 10.9. The van der Waals surface area contributed by atoms with Gasteiger partial charge in [-0.05, 0) is 25.5 Å². The normalized spacial score (nSPS) is 11.2. The maximum atomic E-state index is 5.67. The van der Waals surface area contributed by atoms with Crippen LogP contribution in [0.5, 0.6) is 0 Å². The third-order valence-electron chi connectivity index (χ3n) is 2.99. The summed E-state index contributed by atoms with van der Waals surface area (Å²) in [4.78, 5) is 0. The minimum absolute atomic E-state index is 0.384. The van der Waals surface area contributed by atoms with Gasteiger partial charge in [-0.15, -0.1) is 0 Å². The van der Waals surface area contributed by atoms with E-state index in [1.165, 1.54) is 0 Å². The Balaban J connectivity index is 2.36. The van der Waals surface area contributed by atoms with E-state index < -0.39 is 0 Å². The Bertz CT molecular complexity index is 695. The molecule has 17 heavy (non-hydrogen) atoms. The van der Waals surface area contributed by atoms with Crippen LogP contribution in [0.4, 0.5) is 5.82 Å². The van der Waals surface area contributed by atoms with Crippen molar-refractivity contribution in [1.29, 1.82) is 0 Å². The molecule has 86 valence electrons. The second-order valence-corrected chi connectivity index (χ2v) is 4.08. The fraction of sp³-hybridized carbons (Fsp3) is 0.154. The monoisotopic (exact) mass is 228 g/mol. The molecule has 0 saturated heterocycles. The number of nitrogen functional groups attached to an aromatic ring is 1. The van der Waals surface area contributed by atoms with Crippen LogP contribution in [-0.2, 0) is 0 Å². The van der Waals surface area contributed by atoms with Crippen molar-refractivity contribution in [2.75, 3.05) is 5.73 Å². The molecule has 0 unspecified atom stereocenters. The van der Waals surface area contributed by atoms with Crippen molar-refractivity contribution in [3.05, 3.63) is 35.6 Å². The fourth-order valence-electron chi connectivity index (χ4n) is 2.04. The zero-order valence-corrected chi connectivity index (χ0v) is 9.65. The molecule has 2 N–H and O–H groups in total. The molecular formula is C13H12N2O2. The van der Waals surface area contributed by atoms with Gasteiger partial charge in [-0.1, -0.05) is 17.3 Å². The molecule has 2 heterocycles. The topological polar surface area (TPSA) is 65.2 Å². The van der Waals surface area contributed by atoms with Crippen molar-refractivity contribution in [2.24, 2.45) is 0 Å². The number of rotatable bonds is 1. The molecule has 2 aromatic heterocycles. The average molecular weight is 228 g/mol. The lowest BCUT2D eigenvalue weighted by Gasteiger charge is -1.98. The number of aromatic nitrogens is 1. The third-order valence-corrected chi connectivity index (χ3v) is 2.99. The molecule has 0 radical (unpaired) electrons. The molecule has 0 amide bonds. The SMILES string of the molecule is Cc1oc2cccc(-c3cc(N)no3)c2c1C. The van der Waals surface area contributed by atoms with Crippen molar-refractivity contribution in [1.82, 2.24) is 5.16 Å². The number of fused-ring (bicyclic) bond motifs is 1. The number of nitrogens with zero attached hydrogens (tertiary/aromatic N) is 1. The van der Waals surface area contributed by atoms with E-state index in [0.717, 1.165) is 27.9 Å². The average Bonchev–Trinajstić information content (AvgIpc) is 2.85. The Hall–Kier alpha value is -2.23. The molecular weight excluding hydrogens is 216 g/mol. The Morgan fingerprint density at radius 1 is 1.24 bits per heavy atom. The van der Waals surface area contributed by atoms with Gasteiger partial charge in [0.25, 0.3) is 0 Å². The van der Waals surface area contributed by atoms with Gasteiger partial charge in [0, 0.05) is 17.0 Å². The number of anilines is 1.